The molecule has 0 aromatic heterocycles. The number of rotatable bonds is 2. The van der Waals surface area contributed by atoms with E-state index in [0.29, 0.717) is 16.0 Å². The van der Waals surface area contributed by atoms with Gasteiger partial charge in [0.05, 0.1) is 10.7 Å². The molecule has 0 spiro atoms. The van der Waals surface area contributed by atoms with E-state index in [4.69, 9.17) is 17.3 Å². The van der Waals surface area contributed by atoms with Gasteiger partial charge in [0.25, 0.3) is 0 Å². The second kappa shape index (κ2) is 3.31. The zero-order valence-electron chi connectivity index (χ0n) is 6.96. The lowest BCUT2D eigenvalue weighted by atomic mass is 10.3. The van der Waals surface area contributed by atoms with Crippen LogP contribution in [0.1, 0.15) is 12.8 Å². The number of thioether (sulfide) groups is 1. The predicted molar refractivity (Wildman–Crippen MR) is 56.4 cm³/mol. The molecule has 4 heteroatoms. The molecule has 2 nitrogen and oxygen atoms in total. The van der Waals surface area contributed by atoms with Gasteiger partial charge in [0, 0.05) is 10.1 Å². The summed E-state index contributed by atoms with van der Waals surface area (Å²) in [4.78, 5) is 0.927. The van der Waals surface area contributed by atoms with Gasteiger partial charge in [-0.05, 0) is 25.0 Å². The van der Waals surface area contributed by atoms with Crippen molar-refractivity contribution in [1.29, 1.82) is 0 Å². The second-order valence-electron chi connectivity index (χ2n) is 3.16. The zero-order chi connectivity index (χ0) is 9.42. The third-order valence-corrected chi connectivity index (χ3v) is 3.72. The molecule has 3 N–H and O–H groups in total. The van der Waals surface area contributed by atoms with Gasteiger partial charge in [-0.2, -0.15) is 0 Å². The first-order chi connectivity index (χ1) is 6.16. The van der Waals surface area contributed by atoms with Gasteiger partial charge in [0.15, 0.2) is 0 Å². The standard InChI is InChI=1S/C9H10ClNOS/c10-6-3-7(11)8(12)4-9(6)13-5-1-2-5/h3-5,12H,1-2,11H2. The minimum Gasteiger partial charge on any atom is -0.506 e. The fourth-order valence-corrected chi connectivity index (χ4v) is 2.40. The number of benzene rings is 1. The third kappa shape index (κ3) is 2.03. The summed E-state index contributed by atoms with van der Waals surface area (Å²) in [7, 11) is 0. The molecule has 13 heavy (non-hydrogen) atoms. The van der Waals surface area contributed by atoms with E-state index in [0.717, 1.165) is 4.90 Å². The maximum Gasteiger partial charge on any atom is 0.139 e. The molecule has 1 saturated carbocycles. The summed E-state index contributed by atoms with van der Waals surface area (Å²) in [5, 5.41) is 10.7. The molecular weight excluding hydrogens is 206 g/mol. The minimum absolute atomic E-state index is 0.118. The Morgan fingerprint density at radius 1 is 1.46 bits per heavy atom. The molecule has 70 valence electrons. The van der Waals surface area contributed by atoms with Gasteiger partial charge in [0.2, 0.25) is 0 Å². The Balaban J connectivity index is 2.27. The van der Waals surface area contributed by atoms with Gasteiger partial charge in [-0.25, -0.2) is 0 Å². The van der Waals surface area contributed by atoms with Crippen molar-refractivity contribution in [2.24, 2.45) is 0 Å². The summed E-state index contributed by atoms with van der Waals surface area (Å²) in [5.41, 5.74) is 5.83. The van der Waals surface area contributed by atoms with Crippen molar-refractivity contribution < 1.29 is 5.11 Å². The van der Waals surface area contributed by atoms with Crippen LogP contribution in [0.3, 0.4) is 0 Å². The third-order valence-electron chi connectivity index (χ3n) is 1.90. The number of nitrogens with two attached hydrogens (primary N) is 1. The molecular formula is C9H10ClNOS. The van der Waals surface area contributed by atoms with E-state index in [-0.39, 0.29) is 5.75 Å². The molecule has 0 saturated heterocycles. The van der Waals surface area contributed by atoms with Crippen LogP contribution >= 0.6 is 23.4 Å². The molecule has 1 aromatic rings. The lowest BCUT2D eigenvalue weighted by Gasteiger charge is -2.05. The van der Waals surface area contributed by atoms with Crippen molar-refractivity contribution in [3.63, 3.8) is 0 Å². The van der Waals surface area contributed by atoms with E-state index in [1.54, 1.807) is 23.9 Å². The number of hydrogen-bond acceptors (Lipinski definition) is 3. The first-order valence-electron chi connectivity index (χ1n) is 4.11. The largest absolute Gasteiger partial charge is 0.506 e. The van der Waals surface area contributed by atoms with Crippen molar-refractivity contribution >= 4 is 29.1 Å². The monoisotopic (exact) mass is 215 g/mol. The van der Waals surface area contributed by atoms with Crippen molar-refractivity contribution in [1.82, 2.24) is 0 Å². The van der Waals surface area contributed by atoms with Crippen molar-refractivity contribution in [3.8, 4) is 5.75 Å². The lowest BCUT2D eigenvalue weighted by Crippen LogP contribution is -1.87. The topological polar surface area (TPSA) is 46.2 Å². The number of anilines is 1. The normalized spacial score (nSPS) is 16.1. The average Bonchev–Trinajstić information content (AvgIpc) is 2.84. The summed E-state index contributed by atoms with van der Waals surface area (Å²) in [6, 6.07) is 3.24. The van der Waals surface area contributed by atoms with E-state index in [9.17, 15) is 5.11 Å². The Kier molecular flexibility index (Phi) is 2.30. The Labute approximate surface area is 86.1 Å². The van der Waals surface area contributed by atoms with Crippen LogP contribution < -0.4 is 5.73 Å². The molecule has 0 bridgehead atoms. The number of nitrogen functional groups attached to an aromatic ring is 1. The highest BCUT2D eigenvalue weighted by atomic mass is 35.5. The van der Waals surface area contributed by atoms with Gasteiger partial charge in [0.1, 0.15) is 5.75 Å². The number of phenols is 1. The van der Waals surface area contributed by atoms with E-state index < -0.39 is 0 Å². The molecule has 0 radical (unpaired) electrons. The van der Waals surface area contributed by atoms with Crippen LogP contribution in [0.25, 0.3) is 0 Å². The van der Waals surface area contributed by atoms with Crippen LogP contribution in [-0.2, 0) is 0 Å². The van der Waals surface area contributed by atoms with Crippen molar-refractivity contribution in [2.45, 2.75) is 23.0 Å². The first kappa shape index (κ1) is 9.03. The summed E-state index contributed by atoms with van der Waals surface area (Å²) >= 11 is 7.67. The quantitative estimate of drug-likeness (QED) is 0.589. The van der Waals surface area contributed by atoms with Gasteiger partial charge >= 0.3 is 0 Å². The van der Waals surface area contributed by atoms with Gasteiger partial charge in [-0.15, -0.1) is 11.8 Å². The highest BCUT2D eigenvalue weighted by Crippen LogP contribution is 2.43. The number of halogens is 1. The Morgan fingerprint density at radius 3 is 2.77 bits per heavy atom. The maximum atomic E-state index is 9.36. The molecule has 1 aliphatic rings. The molecule has 1 aromatic carbocycles. The van der Waals surface area contributed by atoms with Gasteiger partial charge in [-0.1, -0.05) is 11.6 Å². The smallest absolute Gasteiger partial charge is 0.139 e. The van der Waals surface area contributed by atoms with Crippen LogP contribution in [-0.4, -0.2) is 10.4 Å². The van der Waals surface area contributed by atoms with Crippen LogP contribution in [0.5, 0.6) is 5.75 Å². The SMILES string of the molecule is Nc1cc(Cl)c(SC2CC2)cc1O. The van der Waals surface area contributed by atoms with Gasteiger partial charge in [-0.3, -0.25) is 0 Å². The number of phenolic OH excluding ortho intramolecular Hbond substituents is 1. The molecule has 1 aliphatic carbocycles. The summed E-state index contributed by atoms with van der Waals surface area (Å²) in [5.74, 6) is 0.118. The minimum atomic E-state index is 0.118. The highest BCUT2D eigenvalue weighted by molar-refractivity contribution is 8.00. The summed E-state index contributed by atoms with van der Waals surface area (Å²) in [6.07, 6.45) is 2.48. The van der Waals surface area contributed by atoms with Gasteiger partial charge < -0.3 is 10.8 Å². The second-order valence-corrected chi connectivity index (χ2v) is 4.91. The molecule has 0 amide bonds. The number of hydrogen-bond donors (Lipinski definition) is 2. The molecule has 0 unspecified atom stereocenters. The fourth-order valence-electron chi connectivity index (χ4n) is 1.01. The Morgan fingerprint density at radius 2 is 2.15 bits per heavy atom. The first-order valence-corrected chi connectivity index (χ1v) is 5.37. The lowest BCUT2D eigenvalue weighted by molar-refractivity contribution is 0.476. The highest BCUT2D eigenvalue weighted by Gasteiger charge is 2.23. The van der Waals surface area contributed by atoms with E-state index in [2.05, 4.69) is 0 Å². The van der Waals surface area contributed by atoms with E-state index in [1.165, 1.54) is 12.8 Å². The molecule has 2 rings (SSSR count). The van der Waals surface area contributed by atoms with Crippen LogP contribution in [0.4, 0.5) is 5.69 Å². The zero-order valence-corrected chi connectivity index (χ0v) is 8.53. The van der Waals surface area contributed by atoms with Crippen LogP contribution in [0.15, 0.2) is 17.0 Å². The van der Waals surface area contributed by atoms with E-state index in [1.807, 2.05) is 0 Å². The van der Waals surface area contributed by atoms with Crippen LogP contribution in [0.2, 0.25) is 5.02 Å². The molecule has 0 heterocycles. The molecule has 0 atom stereocenters. The van der Waals surface area contributed by atoms with Crippen molar-refractivity contribution in [2.75, 3.05) is 5.73 Å². The Bertz CT molecular complexity index is 339. The molecule has 1 fully saturated rings. The Hall–Kier alpha value is -0.540. The fraction of sp³-hybridized carbons (Fsp3) is 0.333. The number of aromatic hydroxyl groups is 1. The van der Waals surface area contributed by atoms with Crippen LogP contribution in [0, 0.1) is 0 Å². The average molecular weight is 216 g/mol. The summed E-state index contributed by atoms with van der Waals surface area (Å²) < 4.78 is 0. The summed E-state index contributed by atoms with van der Waals surface area (Å²) in [6.45, 7) is 0. The van der Waals surface area contributed by atoms with E-state index >= 15 is 0 Å². The van der Waals surface area contributed by atoms with Crippen molar-refractivity contribution in [3.05, 3.63) is 17.2 Å². The maximum absolute atomic E-state index is 9.36. The predicted octanol–water partition coefficient (Wildman–Crippen LogP) is 2.88. The molecule has 0 aliphatic heterocycles.